The van der Waals surface area contributed by atoms with Crippen LogP contribution >= 0.6 is 0 Å². The van der Waals surface area contributed by atoms with E-state index in [1.165, 1.54) is 0 Å². The van der Waals surface area contributed by atoms with Gasteiger partial charge >= 0.3 is 0 Å². The molecule has 0 spiro atoms. The number of hydrogen-bond donors (Lipinski definition) is 1. The van der Waals surface area contributed by atoms with Crippen LogP contribution in [-0.4, -0.2) is 44.6 Å². The summed E-state index contributed by atoms with van der Waals surface area (Å²) in [5.74, 6) is 0.620. The topological polar surface area (TPSA) is 15.3 Å². The number of nitrogens with zero attached hydrogens (tertiary/aromatic N) is 1. The first-order valence-electron chi connectivity index (χ1n) is 6.96. The van der Waals surface area contributed by atoms with Gasteiger partial charge in [-0.1, -0.05) is 34.1 Å². The molecule has 0 aromatic rings. The normalized spacial score (nSPS) is 15.7. The summed E-state index contributed by atoms with van der Waals surface area (Å²) in [7, 11) is 1.78. The van der Waals surface area contributed by atoms with Gasteiger partial charge in [-0.25, -0.2) is 8.78 Å². The molecule has 4 heteroatoms. The van der Waals surface area contributed by atoms with Crippen LogP contribution in [-0.2, 0) is 0 Å². The molecule has 0 aliphatic carbocycles. The Balaban J connectivity index is 4.22. The molecule has 0 bridgehead atoms. The van der Waals surface area contributed by atoms with Crippen molar-refractivity contribution in [1.29, 1.82) is 0 Å². The van der Waals surface area contributed by atoms with Crippen LogP contribution in [0.4, 0.5) is 8.78 Å². The fourth-order valence-electron chi connectivity index (χ4n) is 2.44. The molecule has 0 amide bonds. The lowest BCUT2D eigenvalue weighted by molar-refractivity contribution is 0.0758. The maximum Gasteiger partial charge on any atom is 0.251 e. The minimum Gasteiger partial charge on any atom is -0.316 e. The second-order valence-electron chi connectivity index (χ2n) is 6.17. The first-order chi connectivity index (χ1) is 8.29. The van der Waals surface area contributed by atoms with Crippen molar-refractivity contribution in [2.45, 2.75) is 47.0 Å². The molecule has 0 saturated carbocycles. The third-order valence-corrected chi connectivity index (χ3v) is 3.06. The zero-order valence-corrected chi connectivity index (χ0v) is 12.6. The average Bonchev–Trinajstić information content (AvgIpc) is 2.14. The summed E-state index contributed by atoms with van der Waals surface area (Å²) in [6.07, 6.45) is -0.0990. The van der Waals surface area contributed by atoms with Gasteiger partial charge in [0.15, 0.2) is 0 Å². The molecule has 0 fully saturated rings. The largest absolute Gasteiger partial charge is 0.316 e. The third-order valence-electron chi connectivity index (χ3n) is 3.06. The van der Waals surface area contributed by atoms with E-state index >= 15 is 0 Å². The number of hydrogen-bond acceptors (Lipinski definition) is 2. The van der Waals surface area contributed by atoms with Crippen molar-refractivity contribution in [3.8, 4) is 0 Å². The molecular weight excluding hydrogens is 234 g/mol. The predicted molar refractivity (Wildman–Crippen MR) is 74.2 cm³/mol. The van der Waals surface area contributed by atoms with Crippen LogP contribution in [0.15, 0.2) is 0 Å². The molecule has 1 atom stereocenters. The Morgan fingerprint density at radius 1 is 1.28 bits per heavy atom. The molecule has 1 N–H and O–H groups in total. The van der Waals surface area contributed by atoms with Gasteiger partial charge in [-0.2, -0.15) is 0 Å². The van der Waals surface area contributed by atoms with Crippen LogP contribution in [0.1, 0.15) is 40.5 Å². The van der Waals surface area contributed by atoms with Gasteiger partial charge in [0.1, 0.15) is 0 Å². The molecule has 0 aromatic heterocycles. The van der Waals surface area contributed by atoms with Crippen molar-refractivity contribution in [2.24, 2.45) is 11.3 Å². The fraction of sp³-hybridized carbons (Fsp3) is 1.00. The summed E-state index contributed by atoms with van der Waals surface area (Å²) in [6.45, 7) is 11.1. The first-order valence-corrected chi connectivity index (χ1v) is 6.96. The molecule has 1 unspecified atom stereocenters. The van der Waals surface area contributed by atoms with E-state index in [1.807, 2.05) is 0 Å². The summed E-state index contributed by atoms with van der Waals surface area (Å²) >= 11 is 0. The van der Waals surface area contributed by atoms with Crippen molar-refractivity contribution in [1.82, 2.24) is 10.2 Å². The van der Waals surface area contributed by atoms with E-state index in [0.29, 0.717) is 5.92 Å². The van der Waals surface area contributed by atoms with Crippen LogP contribution < -0.4 is 5.32 Å². The minimum atomic E-state index is -2.25. The second-order valence-corrected chi connectivity index (χ2v) is 6.17. The second kappa shape index (κ2) is 8.81. The smallest absolute Gasteiger partial charge is 0.251 e. The summed E-state index contributed by atoms with van der Waals surface area (Å²) < 4.78 is 24.7. The van der Waals surface area contributed by atoms with Crippen molar-refractivity contribution in [3.63, 3.8) is 0 Å². The van der Waals surface area contributed by atoms with Gasteiger partial charge in [-0.15, -0.1) is 0 Å². The maximum atomic E-state index is 12.3. The van der Waals surface area contributed by atoms with E-state index < -0.39 is 6.43 Å². The first kappa shape index (κ1) is 17.8. The van der Waals surface area contributed by atoms with E-state index in [0.717, 1.165) is 32.5 Å². The van der Waals surface area contributed by atoms with Crippen molar-refractivity contribution in [2.75, 3.05) is 33.2 Å². The van der Waals surface area contributed by atoms with Crippen LogP contribution in [0, 0.1) is 11.3 Å². The summed E-state index contributed by atoms with van der Waals surface area (Å²) in [4.78, 5) is 1.75. The van der Waals surface area contributed by atoms with Crippen LogP contribution in [0.5, 0.6) is 0 Å². The number of alkyl halides is 2. The Morgan fingerprint density at radius 3 is 2.33 bits per heavy atom. The lowest BCUT2D eigenvalue weighted by Gasteiger charge is -2.34. The van der Waals surface area contributed by atoms with Gasteiger partial charge < -0.3 is 10.2 Å². The molecule has 0 aromatic carbocycles. The van der Waals surface area contributed by atoms with Gasteiger partial charge in [-0.05, 0) is 31.3 Å². The van der Waals surface area contributed by atoms with Gasteiger partial charge in [0.25, 0.3) is 6.43 Å². The van der Waals surface area contributed by atoms with Gasteiger partial charge in [0.05, 0.1) is 6.54 Å². The van der Waals surface area contributed by atoms with Gasteiger partial charge in [0.2, 0.25) is 0 Å². The van der Waals surface area contributed by atoms with E-state index in [1.54, 1.807) is 11.9 Å². The number of halogens is 2. The van der Waals surface area contributed by atoms with Gasteiger partial charge in [-0.3, -0.25) is 0 Å². The highest BCUT2D eigenvalue weighted by molar-refractivity contribution is 4.80. The summed E-state index contributed by atoms with van der Waals surface area (Å²) in [5, 5.41) is 3.45. The molecule has 0 saturated heterocycles. The summed E-state index contributed by atoms with van der Waals surface area (Å²) in [5.41, 5.74) is 0.0767. The lowest BCUT2D eigenvalue weighted by atomic mass is 9.84. The molecule has 0 aliphatic heterocycles. The average molecular weight is 264 g/mol. The Bertz CT molecular complexity index is 210. The summed E-state index contributed by atoms with van der Waals surface area (Å²) in [6, 6.07) is 0. The van der Waals surface area contributed by atoms with Crippen LogP contribution in [0.2, 0.25) is 0 Å². The van der Waals surface area contributed by atoms with Crippen LogP contribution in [0.3, 0.4) is 0 Å². The highest BCUT2D eigenvalue weighted by Crippen LogP contribution is 2.23. The molecule has 2 nitrogen and oxygen atoms in total. The zero-order chi connectivity index (χ0) is 14.2. The highest BCUT2D eigenvalue weighted by Gasteiger charge is 2.25. The Morgan fingerprint density at radius 2 is 1.89 bits per heavy atom. The van der Waals surface area contributed by atoms with Crippen molar-refractivity contribution < 1.29 is 8.78 Å². The molecule has 0 radical (unpaired) electrons. The van der Waals surface area contributed by atoms with Crippen LogP contribution in [0.25, 0.3) is 0 Å². The lowest BCUT2D eigenvalue weighted by Crippen LogP contribution is -2.43. The quantitative estimate of drug-likeness (QED) is 0.651. The van der Waals surface area contributed by atoms with Crippen molar-refractivity contribution in [3.05, 3.63) is 0 Å². The monoisotopic (exact) mass is 264 g/mol. The van der Waals surface area contributed by atoms with Crippen molar-refractivity contribution >= 4 is 0 Å². The third kappa shape index (κ3) is 8.81. The Hall–Kier alpha value is -0.220. The SMILES string of the molecule is CCCC(C)(CNCC(C)C)CN(C)CC(F)F. The van der Waals surface area contributed by atoms with E-state index in [9.17, 15) is 8.78 Å². The Kier molecular flexibility index (Phi) is 8.70. The minimum absolute atomic E-state index is 0.0767. The highest BCUT2D eigenvalue weighted by atomic mass is 19.3. The maximum absolute atomic E-state index is 12.3. The van der Waals surface area contributed by atoms with E-state index in [-0.39, 0.29) is 12.0 Å². The fourth-order valence-corrected chi connectivity index (χ4v) is 2.44. The standard InChI is InChI=1S/C14H30F2N2/c1-6-7-14(4,10-17-8-12(2)3)11-18(5)9-13(15)16/h12-13,17H,6-11H2,1-5H3. The van der Waals surface area contributed by atoms with Gasteiger partial charge in [0, 0.05) is 13.1 Å². The number of nitrogens with one attached hydrogen (secondary N) is 1. The van der Waals surface area contributed by atoms with E-state index in [4.69, 9.17) is 0 Å². The predicted octanol–water partition coefficient (Wildman–Crippen LogP) is 3.24. The van der Waals surface area contributed by atoms with E-state index in [2.05, 4.69) is 33.0 Å². The molecule has 0 heterocycles. The molecule has 110 valence electrons. The molecule has 0 aliphatic rings. The molecule has 18 heavy (non-hydrogen) atoms. The molecule has 0 rings (SSSR count). The molecular formula is C14H30F2N2. The Labute approximate surface area is 111 Å². The number of rotatable bonds is 10. The zero-order valence-electron chi connectivity index (χ0n) is 12.6.